The Morgan fingerprint density at radius 3 is 2.67 bits per heavy atom. The molecule has 8 heteroatoms. The SMILES string of the molecule is C[C@H](NC(=O)c1cnc(C2OCCO2)s1)C(=O)Nc1ccccc1. The summed E-state index contributed by atoms with van der Waals surface area (Å²) in [7, 11) is 0. The molecule has 1 fully saturated rings. The highest BCUT2D eigenvalue weighted by atomic mass is 32.1. The lowest BCUT2D eigenvalue weighted by atomic mass is 10.2. The molecule has 1 aliphatic rings. The number of aromatic nitrogens is 1. The summed E-state index contributed by atoms with van der Waals surface area (Å²) in [5.74, 6) is -0.644. The third-order valence-corrected chi connectivity index (χ3v) is 4.37. The third kappa shape index (κ3) is 3.97. The van der Waals surface area contributed by atoms with Gasteiger partial charge in [-0.2, -0.15) is 0 Å². The van der Waals surface area contributed by atoms with E-state index in [2.05, 4.69) is 15.6 Å². The van der Waals surface area contributed by atoms with Crippen LogP contribution in [0, 0.1) is 0 Å². The average molecular weight is 347 g/mol. The maximum atomic E-state index is 12.2. The molecule has 0 unspecified atom stereocenters. The molecule has 3 rings (SSSR count). The highest BCUT2D eigenvalue weighted by Crippen LogP contribution is 2.27. The number of hydrogen-bond donors (Lipinski definition) is 2. The number of anilines is 1. The van der Waals surface area contributed by atoms with E-state index >= 15 is 0 Å². The van der Waals surface area contributed by atoms with Crippen LogP contribution in [0.4, 0.5) is 5.69 Å². The second kappa shape index (κ2) is 7.52. The Balaban J connectivity index is 1.56. The minimum absolute atomic E-state index is 0.290. The molecule has 126 valence electrons. The maximum absolute atomic E-state index is 12.2. The van der Waals surface area contributed by atoms with Gasteiger partial charge in [0.1, 0.15) is 15.9 Å². The molecule has 0 bridgehead atoms. The number of rotatable bonds is 5. The van der Waals surface area contributed by atoms with Crippen molar-refractivity contribution >= 4 is 28.8 Å². The molecule has 2 heterocycles. The van der Waals surface area contributed by atoms with Crippen LogP contribution in [-0.4, -0.2) is 36.1 Å². The number of nitrogens with zero attached hydrogens (tertiary/aromatic N) is 1. The highest BCUT2D eigenvalue weighted by molar-refractivity contribution is 7.13. The molecular formula is C16H17N3O4S. The zero-order valence-electron chi connectivity index (χ0n) is 13.0. The van der Waals surface area contributed by atoms with Crippen molar-refractivity contribution in [2.75, 3.05) is 18.5 Å². The van der Waals surface area contributed by atoms with Gasteiger partial charge < -0.3 is 20.1 Å². The van der Waals surface area contributed by atoms with Gasteiger partial charge in [0.2, 0.25) is 12.2 Å². The zero-order valence-corrected chi connectivity index (χ0v) is 13.8. The zero-order chi connectivity index (χ0) is 16.9. The summed E-state index contributed by atoms with van der Waals surface area (Å²) in [5.41, 5.74) is 0.680. The lowest BCUT2D eigenvalue weighted by Crippen LogP contribution is -2.41. The molecular weight excluding hydrogens is 330 g/mol. The Kier molecular flexibility index (Phi) is 5.19. The Morgan fingerprint density at radius 1 is 1.25 bits per heavy atom. The van der Waals surface area contributed by atoms with E-state index in [0.717, 1.165) is 0 Å². The van der Waals surface area contributed by atoms with E-state index in [-0.39, 0.29) is 11.8 Å². The highest BCUT2D eigenvalue weighted by Gasteiger charge is 2.24. The molecule has 1 aromatic carbocycles. The molecule has 2 amide bonds. The van der Waals surface area contributed by atoms with Crippen molar-refractivity contribution in [1.82, 2.24) is 10.3 Å². The van der Waals surface area contributed by atoms with Crippen LogP contribution < -0.4 is 10.6 Å². The van der Waals surface area contributed by atoms with Crippen molar-refractivity contribution in [1.29, 1.82) is 0 Å². The molecule has 1 saturated heterocycles. The van der Waals surface area contributed by atoms with Crippen molar-refractivity contribution in [3.05, 3.63) is 46.4 Å². The van der Waals surface area contributed by atoms with Crippen molar-refractivity contribution in [2.24, 2.45) is 0 Å². The second-order valence-corrected chi connectivity index (χ2v) is 6.25. The number of para-hydroxylation sites is 1. The van der Waals surface area contributed by atoms with Gasteiger partial charge in [-0.05, 0) is 19.1 Å². The fourth-order valence-corrected chi connectivity index (χ4v) is 2.93. The number of ether oxygens (including phenoxy) is 2. The molecule has 1 atom stereocenters. The normalized spacial score (nSPS) is 15.9. The van der Waals surface area contributed by atoms with Crippen LogP contribution >= 0.6 is 11.3 Å². The number of thiazole rings is 1. The summed E-state index contributed by atoms with van der Waals surface area (Å²) in [5, 5.41) is 6.00. The Morgan fingerprint density at radius 2 is 1.96 bits per heavy atom. The predicted molar refractivity (Wildman–Crippen MR) is 88.8 cm³/mol. The van der Waals surface area contributed by atoms with E-state index in [1.165, 1.54) is 17.5 Å². The van der Waals surface area contributed by atoms with Crippen LogP contribution in [0.25, 0.3) is 0 Å². The largest absolute Gasteiger partial charge is 0.344 e. The van der Waals surface area contributed by atoms with E-state index in [1.807, 2.05) is 18.2 Å². The first-order valence-corrected chi connectivity index (χ1v) is 8.31. The van der Waals surface area contributed by atoms with Crippen LogP contribution in [0.2, 0.25) is 0 Å². The molecule has 7 nitrogen and oxygen atoms in total. The van der Waals surface area contributed by atoms with Crippen molar-refractivity contribution in [2.45, 2.75) is 19.3 Å². The van der Waals surface area contributed by atoms with Crippen molar-refractivity contribution in [3.8, 4) is 0 Å². The molecule has 0 aliphatic carbocycles. The fraction of sp³-hybridized carbons (Fsp3) is 0.312. The van der Waals surface area contributed by atoms with E-state index in [4.69, 9.17) is 9.47 Å². The molecule has 2 aromatic rings. The molecule has 0 spiro atoms. The lowest BCUT2D eigenvalue weighted by Gasteiger charge is -2.13. The summed E-state index contributed by atoms with van der Waals surface area (Å²) in [4.78, 5) is 28.9. The first-order chi connectivity index (χ1) is 11.6. The Labute approximate surface area is 143 Å². The number of carbonyl (C=O) groups is 2. The quantitative estimate of drug-likeness (QED) is 0.863. The van der Waals surface area contributed by atoms with E-state index in [0.29, 0.717) is 28.8 Å². The minimum Gasteiger partial charge on any atom is -0.344 e. The Bertz CT molecular complexity index is 713. The van der Waals surface area contributed by atoms with Gasteiger partial charge in [-0.15, -0.1) is 11.3 Å². The molecule has 0 saturated carbocycles. The van der Waals surface area contributed by atoms with Crippen LogP contribution in [0.5, 0.6) is 0 Å². The molecule has 1 aromatic heterocycles. The summed E-state index contributed by atoms with van der Waals surface area (Å²) < 4.78 is 10.7. The van der Waals surface area contributed by atoms with Gasteiger partial charge >= 0.3 is 0 Å². The number of nitrogens with one attached hydrogen (secondary N) is 2. The van der Waals surface area contributed by atoms with Gasteiger partial charge in [0, 0.05) is 5.69 Å². The van der Waals surface area contributed by atoms with Crippen LogP contribution in [0.3, 0.4) is 0 Å². The molecule has 1 aliphatic heterocycles. The number of hydrogen-bond acceptors (Lipinski definition) is 6. The van der Waals surface area contributed by atoms with Gasteiger partial charge in [0.25, 0.3) is 5.91 Å². The summed E-state index contributed by atoms with van der Waals surface area (Å²) in [6.07, 6.45) is 0.956. The maximum Gasteiger partial charge on any atom is 0.263 e. The standard InChI is InChI=1S/C16H17N3O4S/c1-10(13(20)19-11-5-3-2-4-6-11)18-14(21)12-9-17-15(24-12)16-22-7-8-23-16/h2-6,9-10,16H,7-8H2,1H3,(H,18,21)(H,19,20)/t10-/m0/s1. The summed E-state index contributed by atoms with van der Waals surface area (Å²) >= 11 is 1.19. The predicted octanol–water partition coefficient (Wildman–Crippen LogP) is 1.95. The first kappa shape index (κ1) is 16.6. The molecule has 2 N–H and O–H groups in total. The average Bonchev–Trinajstić information content (AvgIpc) is 3.27. The Hall–Kier alpha value is -2.29. The fourth-order valence-electron chi connectivity index (χ4n) is 2.11. The third-order valence-electron chi connectivity index (χ3n) is 3.35. The van der Waals surface area contributed by atoms with Gasteiger partial charge in [-0.1, -0.05) is 18.2 Å². The first-order valence-electron chi connectivity index (χ1n) is 7.49. The number of benzene rings is 1. The van der Waals surface area contributed by atoms with E-state index in [1.54, 1.807) is 19.1 Å². The molecule has 0 radical (unpaired) electrons. The number of carbonyl (C=O) groups excluding carboxylic acids is 2. The van der Waals surface area contributed by atoms with Crippen molar-refractivity contribution in [3.63, 3.8) is 0 Å². The topological polar surface area (TPSA) is 89.6 Å². The van der Waals surface area contributed by atoms with Crippen molar-refractivity contribution < 1.29 is 19.1 Å². The monoisotopic (exact) mass is 347 g/mol. The summed E-state index contributed by atoms with van der Waals surface area (Å²) in [6, 6.07) is 8.39. The lowest BCUT2D eigenvalue weighted by molar-refractivity contribution is -0.117. The van der Waals surface area contributed by atoms with Gasteiger partial charge in [0.15, 0.2) is 0 Å². The van der Waals surface area contributed by atoms with Crippen LogP contribution in [0.1, 0.15) is 27.9 Å². The van der Waals surface area contributed by atoms with E-state index < -0.39 is 12.3 Å². The minimum atomic E-state index is -0.678. The second-order valence-electron chi connectivity index (χ2n) is 5.19. The summed E-state index contributed by atoms with van der Waals surface area (Å²) in [6.45, 7) is 2.66. The smallest absolute Gasteiger partial charge is 0.263 e. The van der Waals surface area contributed by atoms with E-state index in [9.17, 15) is 9.59 Å². The van der Waals surface area contributed by atoms with Crippen LogP contribution in [0.15, 0.2) is 36.5 Å². The number of amides is 2. The van der Waals surface area contributed by atoms with Gasteiger partial charge in [-0.3, -0.25) is 9.59 Å². The molecule has 24 heavy (non-hydrogen) atoms. The van der Waals surface area contributed by atoms with Gasteiger partial charge in [-0.25, -0.2) is 4.98 Å². The van der Waals surface area contributed by atoms with Crippen LogP contribution in [-0.2, 0) is 14.3 Å². The van der Waals surface area contributed by atoms with Gasteiger partial charge in [0.05, 0.1) is 19.4 Å².